The number of benzene rings is 2. The summed E-state index contributed by atoms with van der Waals surface area (Å²) in [6, 6.07) is 5.35. The molecule has 4 nitrogen and oxygen atoms in total. The number of sulfonamides is 1. The fourth-order valence-electron chi connectivity index (χ4n) is 2.83. The molecule has 9 heteroatoms. The summed E-state index contributed by atoms with van der Waals surface area (Å²) in [6.45, 7) is 1.22. The molecule has 26 heavy (non-hydrogen) atoms. The Morgan fingerprint density at radius 3 is 2.38 bits per heavy atom. The van der Waals surface area contributed by atoms with Crippen LogP contribution in [0.1, 0.15) is 22.7 Å². The van der Waals surface area contributed by atoms with E-state index in [2.05, 4.69) is 5.32 Å². The predicted octanol–water partition coefficient (Wildman–Crippen LogP) is 3.05. The van der Waals surface area contributed by atoms with Crippen molar-refractivity contribution in [2.45, 2.75) is 30.1 Å². The molecule has 2 N–H and O–H groups in total. The van der Waals surface area contributed by atoms with Crippen LogP contribution in [0.2, 0.25) is 0 Å². The molecule has 1 heterocycles. The van der Waals surface area contributed by atoms with Gasteiger partial charge in [0.15, 0.2) is 0 Å². The minimum atomic E-state index is -4.87. The lowest BCUT2D eigenvalue weighted by atomic mass is 10.0. The topological polar surface area (TPSA) is 58.2 Å². The average molecular weight is 388 g/mol. The summed E-state index contributed by atoms with van der Waals surface area (Å²) in [5, 5.41) is 3.09. The zero-order valence-corrected chi connectivity index (χ0v) is 14.3. The fraction of sp³-hybridized carbons (Fsp3) is 0.294. The molecule has 1 aliphatic rings. The van der Waals surface area contributed by atoms with E-state index in [0.717, 1.165) is 48.4 Å². The number of halogens is 4. The van der Waals surface area contributed by atoms with E-state index in [4.69, 9.17) is 0 Å². The Bertz CT molecular complexity index is 896. The molecule has 0 saturated heterocycles. The number of alkyl halides is 3. The van der Waals surface area contributed by atoms with Gasteiger partial charge in [-0.3, -0.25) is 0 Å². The Labute approximate surface area is 148 Å². The molecule has 0 spiro atoms. The fourth-order valence-corrected chi connectivity index (χ4v) is 4.09. The normalized spacial score (nSPS) is 16.2. The number of nitrogens with one attached hydrogen (secondary N) is 2. The predicted molar refractivity (Wildman–Crippen MR) is 87.4 cm³/mol. The summed E-state index contributed by atoms with van der Waals surface area (Å²) in [4.78, 5) is -0.240. The summed E-state index contributed by atoms with van der Waals surface area (Å²) in [6.07, 6.45) is -4.15. The second-order valence-corrected chi connectivity index (χ2v) is 7.72. The first-order valence-electron chi connectivity index (χ1n) is 7.84. The number of rotatable bonds is 4. The van der Waals surface area contributed by atoms with Gasteiger partial charge in [0.05, 0.1) is 4.90 Å². The highest BCUT2D eigenvalue weighted by atomic mass is 32.2. The van der Waals surface area contributed by atoms with Crippen molar-refractivity contribution in [1.82, 2.24) is 10.0 Å². The number of fused-ring (bicyclic) bond motifs is 1. The van der Waals surface area contributed by atoms with E-state index >= 15 is 0 Å². The first kappa shape index (κ1) is 18.8. The van der Waals surface area contributed by atoms with E-state index in [1.165, 1.54) is 12.1 Å². The van der Waals surface area contributed by atoms with Gasteiger partial charge >= 0.3 is 6.18 Å². The summed E-state index contributed by atoms with van der Waals surface area (Å²) in [5.74, 6) is -0.709. The van der Waals surface area contributed by atoms with Gasteiger partial charge in [-0.25, -0.2) is 12.8 Å². The first-order chi connectivity index (χ1) is 12.2. The van der Waals surface area contributed by atoms with Gasteiger partial charge in [0.2, 0.25) is 10.0 Å². The van der Waals surface area contributed by atoms with Crippen molar-refractivity contribution in [1.29, 1.82) is 0 Å². The zero-order chi connectivity index (χ0) is 18.9. The third-order valence-corrected chi connectivity index (χ3v) is 5.60. The van der Waals surface area contributed by atoms with Crippen LogP contribution < -0.4 is 10.0 Å². The first-order valence-corrected chi connectivity index (χ1v) is 9.32. The lowest BCUT2D eigenvalue weighted by Crippen LogP contribution is -2.38. The standard InChI is InChI=1S/C17H16F4N2O2S/c18-14-4-1-12(2-5-14)16(17(19,20)21)23-26(24,25)15-6-3-11-7-8-22-10-13(11)9-15/h1-6,9,16,22-23H,7-8,10H2. The Kier molecular flexibility index (Phi) is 5.05. The quantitative estimate of drug-likeness (QED) is 0.792. The minimum Gasteiger partial charge on any atom is -0.312 e. The highest BCUT2D eigenvalue weighted by Gasteiger charge is 2.43. The molecule has 0 bridgehead atoms. The van der Waals surface area contributed by atoms with Crippen molar-refractivity contribution in [2.24, 2.45) is 0 Å². The van der Waals surface area contributed by atoms with E-state index in [0.29, 0.717) is 6.54 Å². The van der Waals surface area contributed by atoms with Gasteiger partial charge < -0.3 is 5.32 Å². The van der Waals surface area contributed by atoms with Gasteiger partial charge in [-0.05, 0) is 53.9 Å². The zero-order valence-electron chi connectivity index (χ0n) is 13.5. The van der Waals surface area contributed by atoms with Crippen LogP contribution in [-0.2, 0) is 23.0 Å². The molecular formula is C17H16F4N2O2S. The third kappa shape index (κ3) is 4.05. The van der Waals surface area contributed by atoms with Gasteiger partial charge in [0.25, 0.3) is 0 Å². The van der Waals surface area contributed by atoms with Crippen molar-refractivity contribution >= 4 is 10.0 Å². The summed E-state index contributed by atoms with van der Waals surface area (Å²) >= 11 is 0. The molecule has 0 amide bonds. The van der Waals surface area contributed by atoms with Crippen molar-refractivity contribution in [2.75, 3.05) is 6.54 Å². The molecule has 1 atom stereocenters. The van der Waals surface area contributed by atoms with E-state index < -0.39 is 28.1 Å². The van der Waals surface area contributed by atoms with Crippen molar-refractivity contribution < 1.29 is 26.0 Å². The maximum Gasteiger partial charge on any atom is 0.408 e. The van der Waals surface area contributed by atoms with Crippen LogP contribution in [0.25, 0.3) is 0 Å². The maximum atomic E-state index is 13.4. The molecule has 140 valence electrons. The highest BCUT2D eigenvalue weighted by Crippen LogP contribution is 2.34. The van der Waals surface area contributed by atoms with Crippen molar-refractivity contribution in [3.05, 3.63) is 65.0 Å². The molecule has 2 aromatic carbocycles. The highest BCUT2D eigenvalue weighted by molar-refractivity contribution is 7.89. The van der Waals surface area contributed by atoms with Gasteiger partial charge in [-0.2, -0.15) is 17.9 Å². The Morgan fingerprint density at radius 1 is 1.04 bits per heavy atom. The summed E-state index contributed by atoms with van der Waals surface area (Å²) < 4.78 is 79.9. The molecule has 2 aromatic rings. The van der Waals surface area contributed by atoms with E-state index in [-0.39, 0.29) is 10.5 Å². The molecule has 1 unspecified atom stereocenters. The molecule has 1 aliphatic heterocycles. The van der Waals surface area contributed by atoms with Crippen LogP contribution in [0.15, 0.2) is 47.4 Å². The third-order valence-electron chi connectivity index (χ3n) is 4.18. The smallest absolute Gasteiger partial charge is 0.312 e. The Hall–Kier alpha value is -1.97. The van der Waals surface area contributed by atoms with Crippen LogP contribution in [0, 0.1) is 5.82 Å². The van der Waals surface area contributed by atoms with Crippen molar-refractivity contribution in [3.8, 4) is 0 Å². The second kappa shape index (κ2) is 6.98. The van der Waals surface area contributed by atoms with Gasteiger partial charge in [0, 0.05) is 6.54 Å². The molecule has 0 aromatic heterocycles. The summed E-state index contributed by atoms with van der Waals surface area (Å²) in [5.41, 5.74) is 1.32. The monoisotopic (exact) mass is 388 g/mol. The second-order valence-electron chi connectivity index (χ2n) is 6.00. The molecule has 0 aliphatic carbocycles. The average Bonchev–Trinajstić information content (AvgIpc) is 2.59. The molecular weight excluding hydrogens is 372 g/mol. The Balaban J connectivity index is 1.93. The molecule has 0 saturated carbocycles. The number of hydrogen-bond acceptors (Lipinski definition) is 3. The summed E-state index contributed by atoms with van der Waals surface area (Å²) in [7, 11) is -4.43. The van der Waals surface area contributed by atoms with Crippen LogP contribution in [0.4, 0.5) is 17.6 Å². The van der Waals surface area contributed by atoms with Crippen molar-refractivity contribution in [3.63, 3.8) is 0 Å². The van der Waals surface area contributed by atoms with Crippen LogP contribution in [0.3, 0.4) is 0 Å². The van der Waals surface area contributed by atoms with Gasteiger partial charge in [0.1, 0.15) is 11.9 Å². The van der Waals surface area contributed by atoms with Gasteiger partial charge in [-0.15, -0.1) is 0 Å². The number of hydrogen-bond donors (Lipinski definition) is 2. The van der Waals surface area contributed by atoms with E-state index in [1.807, 2.05) is 0 Å². The molecule has 0 fully saturated rings. The molecule has 3 rings (SSSR count). The lowest BCUT2D eigenvalue weighted by molar-refractivity contribution is -0.153. The van der Waals surface area contributed by atoms with Crippen LogP contribution in [0.5, 0.6) is 0 Å². The lowest BCUT2D eigenvalue weighted by Gasteiger charge is -2.23. The van der Waals surface area contributed by atoms with E-state index in [9.17, 15) is 26.0 Å². The molecule has 0 radical (unpaired) electrons. The Morgan fingerprint density at radius 2 is 1.73 bits per heavy atom. The minimum absolute atomic E-state index is 0.240. The van der Waals surface area contributed by atoms with Crippen LogP contribution >= 0.6 is 0 Å². The SMILES string of the molecule is O=S(=O)(NC(c1ccc(F)cc1)C(F)(F)F)c1ccc2c(c1)CNCC2. The maximum absolute atomic E-state index is 13.4. The van der Waals surface area contributed by atoms with Crippen LogP contribution in [-0.4, -0.2) is 21.1 Å². The largest absolute Gasteiger partial charge is 0.408 e. The van der Waals surface area contributed by atoms with Gasteiger partial charge in [-0.1, -0.05) is 18.2 Å². The van der Waals surface area contributed by atoms with E-state index in [1.54, 1.807) is 10.8 Å².